The van der Waals surface area contributed by atoms with Crippen molar-refractivity contribution in [1.82, 2.24) is 5.32 Å². The summed E-state index contributed by atoms with van der Waals surface area (Å²) in [6.07, 6.45) is 3.91. The zero-order chi connectivity index (χ0) is 29.5. The van der Waals surface area contributed by atoms with Gasteiger partial charge < -0.3 is 20.1 Å². The smallest absolute Gasteiger partial charge is 0.264 e. The number of anilines is 1. The molecule has 2 N–H and O–H groups in total. The number of phenols is 1. The first-order valence-electron chi connectivity index (χ1n) is 14.4. The van der Waals surface area contributed by atoms with E-state index in [0.717, 1.165) is 37.2 Å². The Balaban J connectivity index is 1.30. The van der Waals surface area contributed by atoms with E-state index in [2.05, 4.69) is 106 Å². The molecule has 1 saturated heterocycles. The van der Waals surface area contributed by atoms with Gasteiger partial charge in [-0.3, -0.25) is 4.79 Å². The van der Waals surface area contributed by atoms with Gasteiger partial charge in [-0.1, -0.05) is 60.7 Å². The Kier molecular flexibility index (Phi) is 7.65. The minimum absolute atomic E-state index is 0.0913. The molecule has 1 fully saturated rings. The van der Waals surface area contributed by atoms with Crippen molar-refractivity contribution in [1.29, 1.82) is 0 Å². The number of rotatable bonds is 5. The molecular weight excluding hydrogens is 669 g/mol. The average Bonchev–Trinajstić information content (AvgIpc) is 3.37. The lowest BCUT2D eigenvalue weighted by Crippen LogP contribution is -2.37. The quantitative estimate of drug-likeness (QED) is 0.165. The van der Waals surface area contributed by atoms with Crippen molar-refractivity contribution < 1.29 is 14.6 Å². The summed E-state index contributed by atoms with van der Waals surface area (Å²) in [7, 11) is 1.51. The van der Waals surface area contributed by atoms with Crippen molar-refractivity contribution in [3.8, 4) is 11.5 Å². The minimum atomic E-state index is -0.194. The summed E-state index contributed by atoms with van der Waals surface area (Å²) in [6.45, 7) is 2.08. The van der Waals surface area contributed by atoms with Gasteiger partial charge in [-0.2, -0.15) is 0 Å². The van der Waals surface area contributed by atoms with Gasteiger partial charge in [-0.15, -0.1) is 0 Å². The first-order chi connectivity index (χ1) is 21.0. The van der Waals surface area contributed by atoms with Gasteiger partial charge >= 0.3 is 0 Å². The number of aliphatic imine (C=N–C) groups is 1. The van der Waals surface area contributed by atoms with Crippen LogP contribution < -0.4 is 15.0 Å². The molecule has 0 spiro atoms. The van der Waals surface area contributed by atoms with E-state index in [9.17, 15) is 9.90 Å². The van der Waals surface area contributed by atoms with E-state index < -0.39 is 0 Å². The number of nitrogens with zero attached hydrogens (tertiary/aromatic N) is 2. The number of phenolic OH excluding ortho intramolecular Hbond substituents is 1. The summed E-state index contributed by atoms with van der Waals surface area (Å²) in [5.74, 6) is 0.839. The normalized spacial score (nSPS) is 21.2. The highest BCUT2D eigenvalue weighted by Crippen LogP contribution is 2.50. The number of hydrogen-bond donors (Lipinski definition) is 2. The van der Waals surface area contributed by atoms with Crippen molar-refractivity contribution in [3.63, 3.8) is 0 Å². The lowest BCUT2D eigenvalue weighted by molar-refractivity contribution is -0.115. The number of hydrogen-bond acceptors (Lipinski definition) is 6. The number of amidine groups is 1. The maximum atomic E-state index is 13.0. The van der Waals surface area contributed by atoms with Crippen LogP contribution in [0.15, 0.2) is 94.8 Å². The third-order valence-electron chi connectivity index (χ3n) is 8.45. The van der Waals surface area contributed by atoms with Crippen LogP contribution in [0.25, 0.3) is 6.08 Å². The summed E-state index contributed by atoms with van der Waals surface area (Å²) in [6, 6.07) is 29.5. The molecule has 0 bridgehead atoms. The van der Waals surface area contributed by atoms with Crippen LogP contribution in [0, 0.1) is 3.57 Å². The number of nitrogens with one attached hydrogen (secondary N) is 1. The van der Waals surface area contributed by atoms with Crippen LogP contribution >= 0.6 is 34.4 Å². The van der Waals surface area contributed by atoms with Gasteiger partial charge in [-0.25, -0.2) is 4.99 Å². The maximum absolute atomic E-state index is 13.0. The van der Waals surface area contributed by atoms with E-state index in [1.165, 1.54) is 46.8 Å². The molecule has 0 aromatic heterocycles. The molecule has 216 valence electrons. The number of amides is 1. The van der Waals surface area contributed by atoms with Gasteiger partial charge in [0.15, 0.2) is 16.7 Å². The molecule has 3 aliphatic rings. The van der Waals surface area contributed by atoms with Gasteiger partial charge in [-0.05, 0) is 105 Å². The molecule has 8 heteroatoms. The molecule has 3 aliphatic heterocycles. The second kappa shape index (κ2) is 11.7. The molecule has 0 unspecified atom stereocenters. The molecule has 6 nitrogen and oxygen atoms in total. The molecule has 7 rings (SSSR count). The maximum Gasteiger partial charge on any atom is 0.264 e. The van der Waals surface area contributed by atoms with Gasteiger partial charge in [0, 0.05) is 30.6 Å². The SMILES string of the molecule is COc1cc(/C=C2\SC(=Nc3cc4c5c(c3)[C@@H](c3ccccc3)CCN5CC[C@@H]4c3ccccc3)NC2=O)cc(I)c1O. The van der Waals surface area contributed by atoms with Crippen molar-refractivity contribution in [2.24, 2.45) is 4.99 Å². The predicted octanol–water partition coefficient (Wildman–Crippen LogP) is 7.77. The fourth-order valence-electron chi connectivity index (χ4n) is 6.49. The number of thioether (sulfide) groups is 1. The Hall–Kier alpha value is -3.76. The predicted molar refractivity (Wildman–Crippen MR) is 183 cm³/mol. The van der Waals surface area contributed by atoms with Crippen LogP contribution in [-0.2, 0) is 4.79 Å². The number of benzene rings is 4. The molecule has 0 saturated carbocycles. The topological polar surface area (TPSA) is 74.2 Å². The monoisotopic (exact) mass is 699 g/mol. The van der Waals surface area contributed by atoms with Crippen molar-refractivity contribution in [2.75, 3.05) is 25.1 Å². The van der Waals surface area contributed by atoms with E-state index in [1.807, 2.05) is 6.07 Å². The number of carbonyl (C=O) groups is 1. The summed E-state index contributed by atoms with van der Waals surface area (Å²) in [4.78, 5) is 21.1. The van der Waals surface area contributed by atoms with Crippen LogP contribution in [0.1, 0.15) is 52.5 Å². The molecule has 4 aromatic rings. The molecule has 1 amide bonds. The Labute approximate surface area is 269 Å². The lowest BCUT2D eigenvalue weighted by atomic mass is 9.76. The Morgan fingerprint density at radius 3 is 2.14 bits per heavy atom. The second-order valence-corrected chi connectivity index (χ2v) is 13.2. The van der Waals surface area contributed by atoms with Gasteiger partial charge in [0.1, 0.15) is 0 Å². The first kappa shape index (κ1) is 28.0. The van der Waals surface area contributed by atoms with Crippen LogP contribution in [-0.4, -0.2) is 36.4 Å². The first-order valence-corrected chi connectivity index (χ1v) is 16.3. The van der Waals surface area contributed by atoms with Crippen molar-refractivity contribution in [3.05, 3.63) is 121 Å². The highest BCUT2D eigenvalue weighted by Gasteiger charge is 2.35. The van der Waals surface area contributed by atoms with E-state index in [1.54, 1.807) is 12.1 Å². The highest BCUT2D eigenvalue weighted by atomic mass is 127. The fourth-order valence-corrected chi connectivity index (χ4v) is 7.95. The summed E-state index contributed by atoms with van der Waals surface area (Å²) >= 11 is 3.38. The van der Waals surface area contributed by atoms with Crippen molar-refractivity contribution in [2.45, 2.75) is 24.7 Å². The van der Waals surface area contributed by atoms with E-state index in [-0.39, 0.29) is 23.5 Å². The van der Waals surface area contributed by atoms with Gasteiger partial charge in [0.2, 0.25) is 0 Å². The summed E-state index contributed by atoms with van der Waals surface area (Å²) in [5, 5.41) is 13.7. The summed E-state index contributed by atoms with van der Waals surface area (Å²) < 4.78 is 5.95. The van der Waals surface area contributed by atoms with Crippen LogP contribution in [0.4, 0.5) is 11.4 Å². The molecule has 3 heterocycles. The highest BCUT2D eigenvalue weighted by molar-refractivity contribution is 14.1. The molecule has 43 heavy (non-hydrogen) atoms. The largest absolute Gasteiger partial charge is 0.504 e. The van der Waals surface area contributed by atoms with Gasteiger partial charge in [0.05, 0.1) is 21.3 Å². The number of halogens is 1. The lowest BCUT2D eigenvalue weighted by Gasteiger charge is -2.43. The van der Waals surface area contributed by atoms with E-state index >= 15 is 0 Å². The van der Waals surface area contributed by atoms with Crippen LogP contribution in [0.3, 0.4) is 0 Å². The molecule has 0 radical (unpaired) electrons. The molecule has 0 aliphatic carbocycles. The number of carbonyl (C=O) groups excluding carboxylic acids is 1. The third-order valence-corrected chi connectivity index (χ3v) is 10.2. The third kappa shape index (κ3) is 5.42. The zero-order valence-corrected chi connectivity index (χ0v) is 26.6. The van der Waals surface area contributed by atoms with Crippen LogP contribution in [0.2, 0.25) is 0 Å². The summed E-state index contributed by atoms with van der Waals surface area (Å²) in [5.41, 5.74) is 8.24. The van der Waals surface area contributed by atoms with Crippen molar-refractivity contribution >= 4 is 62.9 Å². The van der Waals surface area contributed by atoms with Crippen LogP contribution in [0.5, 0.6) is 11.5 Å². The second-order valence-electron chi connectivity index (χ2n) is 11.0. The number of ether oxygens (including phenoxy) is 1. The molecule has 2 atom stereocenters. The Morgan fingerprint density at radius 2 is 1.56 bits per heavy atom. The van der Waals surface area contributed by atoms with E-state index in [4.69, 9.17) is 9.73 Å². The van der Waals surface area contributed by atoms with Gasteiger partial charge in [0.25, 0.3) is 5.91 Å². The Morgan fingerprint density at radius 1 is 0.953 bits per heavy atom. The standard InChI is InChI=1S/C35H30IN3O3S/c1-42-30-17-21(16-29(36)33(30)40)18-31-34(41)38-35(43-31)37-24-19-27-25(22-8-4-2-5-9-22)12-14-39-15-13-26(28(20-24)32(27)39)23-10-6-3-7-11-23/h2-11,16-20,25-26,40H,12-15H2,1H3,(H,37,38,41)/b31-18-/t25-,26-/m1/s1. The average molecular weight is 700 g/mol. The van der Waals surface area contributed by atoms with E-state index in [0.29, 0.717) is 19.4 Å². The zero-order valence-electron chi connectivity index (χ0n) is 23.6. The number of methoxy groups -OCH3 is 1. The fraction of sp³-hybridized carbons (Fsp3) is 0.200. The Bertz CT molecular complexity index is 1700. The minimum Gasteiger partial charge on any atom is -0.504 e. The molecule has 4 aromatic carbocycles. The number of aromatic hydroxyl groups is 1. The molecular formula is C35H30IN3O3S.